The van der Waals surface area contributed by atoms with Gasteiger partial charge in [-0.1, -0.05) is 30.3 Å². The van der Waals surface area contributed by atoms with Crippen LogP contribution in [0.1, 0.15) is 44.6 Å². The number of hydrogen-bond donors (Lipinski definition) is 2. The predicted molar refractivity (Wildman–Crippen MR) is 131 cm³/mol. The first-order valence-electron chi connectivity index (χ1n) is 12.1. The Morgan fingerprint density at radius 3 is 2.31 bits per heavy atom. The summed E-state index contributed by atoms with van der Waals surface area (Å²) in [7, 11) is -2.42. The molecule has 0 aliphatic carbocycles. The zero-order valence-electron chi connectivity index (χ0n) is 20.6. The van der Waals surface area contributed by atoms with Gasteiger partial charge in [0.25, 0.3) is 0 Å². The van der Waals surface area contributed by atoms with Crippen molar-refractivity contribution in [1.29, 1.82) is 0 Å². The van der Waals surface area contributed by atoms with Crippen molar-refractivity contribution in [3.8, 4) is 0 Å². The first-order chi connectivity index (χ1) is 17.0. The van der Waals surface area contributed by atoms with E-state index in [1.807, 2.05) is 0 Å². The molecule has 11 nitrogen and oxygen atoms in total. The van der Waals surface area contributed by atoms with Crippen LogP contribution in [0.2, 0.25) is 0 Å². The maximum atomic E-state index is 13.4. The molecule has 2 fully saturated rings. The third-order valence-corrected chi connectivity index (χ3v) is 8.23. The smallest absolute Gasteiger partial charge is 0.326 e. The van der Waals surface area contributed by atoms with Crippen LogP contribution in [-0.4, -0.2) is 96.7 Å². The number of benzene rings is 1. The van der Waals surface area contributed by atoms with Crippen LogP contribution in [-0.2, 0) is 35.0 Å². The average Bonchev–Trinajstić information content (AvgIpc) is 3.33. The van der Waals surface area contributed by atoms with Crippen LogP contribution in [0.3, 0.4) is 0 Å². The summed E-state index contributed by atoms with van der Waals surface area (Å²) in [5.41, 5.74) is 0.515. The van der Waals surface area contributed by atoms with Gasteiger partial charge in [-0.15, -0.1) is 0 Å². The number of nitrogens with one attached hydrogen (secondary N) is 1. The summed E-state index contributed by atoms with van der Waals surface area (Å²) in [6.07, 6.45) is 1.47. The molecule has 2 heterocycles. The molecule has 1 aromatic rings. The van der Waals surface area contributed by atoms with E-state index in [0.29, 0.717) is 37.9 Å². The van der Waals surface area contributed by atoms with E-state index in [1.54, 1.807) is 42.3 Å². The molecule has 2 unspecified atom stereocenters. The number of carbonyl (C=O) groups excluding carboxylic acids is 3. The number of amides is 3. The van der Waals surface area contributed by atoms with E-state index in [9.17, 15) is 32.7 Å². The molecular formula is C24H34N4O7S. The standard InChI is InChI=1S/C24H34N4O7S/c1-17(29)27-13-10-19(11-14-27)26(2)22(30)15-20(23(31)28-12-6-9-21(28)24(32)33)25-36(34,35)16-18-7-4-3-5-8-18/h3-5,7-8,19-21,25H,6,9-16H2,1-2H3,(H,32,33). The van der Waals surface area contributed by atoms with Crippen LogP contribution < -0.4 is 4.72 Å². The van der Waals surface area contributed by atoms with Crippen molar-refractivity contribution in [3.05, 3.63) is 35.9 Å². The molecule has 1 aromatic carbocycles. The third kappa shape index (κ3) is 7.03. The number of likely N-dealkylation sites (tertiary alicyclic amines) is 2. The molecule has 0 radical (unpaired) electrons. The van der Waals surface area contributed by atoms with Crippen LogP contribution in [0.4, 0.5) is 0 Å². The van der Waals surface area contributed by atoms with E-state index in [0.717, 1.165) is 4.90 Å². The zero-order chi connectivity index (χ0) is 26.5. The van der Waals surface area contributed by atoms with Gasteiger partial charge < -0.3 is 19.8 Å². The highest BCUT2D eigenvalue weighted by molar-refractivity contribution is 7.88. The highest BCUT2D eigenvalue weighted by Gasteiger charge is 2.40. The SMILES string of the molecule is CC(=O)N1CCC(N(C)C(=O)CC(NS(=O)(=O)Cc2ccccc2)C(=O)N2CCCC2C(=O)O)CC1. The monoisotopic (exact) mass is 522 g/mol. The molecule has 198 valence electrons. The second kappa shape index (κ2) is 11.8. The molecule has 0 aromatic heterocycles. The molecule has 2 saturated heterocycles. The van der Waals surface area contributed by atoms with E-state index >= 15 is 0 Å². The molecule has 0 saturated carbocycles. The Bertz CT molecular complexity index is 1070. The minimum Gasteiger partial charge on any atom is -0.480 e. The van der Waals surface area contributed by atoms with Gasteiger partial charge in [0.1, 0.15) is 12.1 Å². The van der Waals surface area contributed by atoms with Crippen LogP contribution in [0.25, 0.3) is 0 Å². The van der Waals surface area contributed by atoms with E-state index in [4.69, 9.17) is 0 Å². The van der Waals surface area contributed by atoms with Gasteiger partial charge >= 0.3 is 5.97 Å². The Morgan fingerprint density at radius 2 is 1.72 bits per heavy atom. The number of aliphatic carboxylic acids is 1. The minimum atomic E-state index is -4.02. The molecule has 2 aliphatic heterocycles. The van der Waals surface area contributed by atoms with Crippen molar-refractivity contribution in [2.24, 2.45) is 0 Å². The fraction of sp³-hybridized carbons (Fsp3) is 0.583. The Kier molecular flexibility index (Phi) is 9.07. The highest BCUT2D eigenvalue weighted by Crippen LogP contribution is 2.21. The van der Waals surface area contributed by atoms with Gasteiger partial charge in [-0.2, -0.15) is 0 Å². The first kappa shape index (κ1) is 27.6. The minimum absolute atomic E-state index is 0.0282. The number of nitrogens with zero attached hydrogens (tertiary/aromatic N) is 3. The molecule has 3 amide bonds. The number of carbonyl (C=O) groups is 4. The first-order valence-corrected chi connectivity index (χ1v) is 13.7. The summed E-state index contributed by atoms with van der Waals surface area (Å²) in [5, 5.41) is 9.51. The largest absolute Gasteiger partial charge is 0.480 e. The van der Waals surface area contributed by atoms with E-state index in [1.165, 1.54) is 11.8 Å². The molecule has 2 atom stereocenters. The maximum Gasteiger partial charge on any atom is 0.326 e. The summed E-state index contributed by atoms with van der Waals surface area (Å²) in [6, 6.07) is 5.81. The maximum absolute atomic E-state index is 13.4. The fourth-order valence-corrected chi connectivity index (χ4v) is 6.14. The van der Waals surface area contributed by atoms with E-state index in [2.05, 4.69) is 4.72 Å². The summed E-state index contributed by atoms with van der Waals surface area (Å²) in [5.74, 6) is -2.72. The predicted octanol–water partition coefficient (Wildman–Crippen LogP) is 0.410. The van der Waals surface area contributed by atoms with E-state index in [-0.39, 0.29) is 30.7 Å². The van der Waals surface area contributed by atoms with Crippen molar-refractivity contribution in [2.45, 2.75) is 62.9 Å². The molecule has 0 bridgehead atoms. The molecule has 2 N–H and O–H groups in total. The highest BCUT2D eigenvalue weighted by atomic mass is 32.2. The topological polar surface area (TPSA) is 144 Å². The molecule has 0 spiro atoms. The number of sulfonamides is 1. The van der Waals surface area contributed by atoms with Crippen LogP contribution in [0.15, 0.2) is 30.3 Å². The van der Waals surface area contributed by atoms with Gasteiger partial charge in [-0.25, -0.2) is 17.9 Å². The lowest BCUT2D eigenvalue weighted by molar-refractivity contribution is -0.149. The molecule has 36 heavy (non-hydrogen) atoms. The van der Waals surface area contributed by atoms with Crippen LogP contribution >= 0.6 is 0 Å². The van der Waals surface area contributed by atoms with Crippen molar-refractivity contribution < 1.29 is 32.7 Å². The second-order valence-electron chi connectivity index (χ2n) is 9.39. The van der Waals surface area contributed by atoms with E-state index < -0.39 is 46.3 Å². The van der Waals surface area contributed by atoms with Crippen molar-refractivity contribution in [3.63, 3.8) is 0 Å². The number of carboxylic acid groups (broad SMARTS) is 1. The lowest BCUT2D eigenvalue weighted by Crippen LogP contribution is -2.54. The van der Waals surface area contributed by atoms with Crippen molar-refractivity contribution >= 4 is 33.7 Å². The summed E-state index contributed by atoms with van der Waals surface area (Å²) in [6.45, 7) is 2.70. The van der Waals surface area contributed by atoms with Gasteiger partial charge in [0.05, 0.1) is 12.2 Å². The third-order valence-electron chi connectivity index (χ3n) is 6.87. The zero-order valence-corrected chi connectivity index (χ0v) is 21.4. The van der Waals surface area contributed by atoms with Gasteiger partial charge in [0.2, 0.25) is 27.7 Å². The Balaban J connectivity index is 1.75. The van der Waals surface area contributed by atoms with Crippen molar-refractivity contribution in [2.75, 3.05) is 26.7 Å². The van der Waals surface area contributed by atoms with Gasteiger partial charge in [0.15, 0.2) is 0 Å². The normalized spacial score (nSPS) is 19.7. The fourth-order valence-electron chi connectivity index (χ4n) is 4.81. The molecule has 2 aliphatic rings. The summed E-state index contributed by atoms with van der Waals surface area (Å²) >= 11 is 0. The Labute approximate surface area is 211 Å². The quantitative estimate of drug-likeness (QED) is 0.478. The molecule has 3 rings (SSSR count). The van der Waals surface area contributed by atoms with Crippen molar-refractivity contribution in [1.82, 2.24) is 19.4 Å². The van der Waals surface area contributed by atoms with Gasteiger partial charge in [-0.3, -0.25) is 14.4 Å². The van der Waals surface area contributed by atoms with Gasteiger partial charge in [-0.05, 0) is 31.2 Å². The van der Waals surface area contributed by atoms with Crippen LogP contribution in [0, 0.1) is 0 Å². The summed E-state index contributed by atoms with van der Waals surface area (Å²) < 4.78 is 28.3. The van der Waals surface area contributed by atoms with Crippen LogP contribution in [0.5, 0.6) is 0 Å². The van der Waals surface area contributed by atoms with Gasteiger partial charge in [0, 0.05) is 39.6 Å². The lowest BCUT2D eigenvalue weighted by Gasteiger charge is -2.37. The molecule has 12 heteroatoms. The lowest BCUT2D eigenvalue weighted by atomic mass is 10.0. The average molecular weight is 523 g/mol. The number of rotatable bonds is 9. The summed E-state index contributed by atoms with van der Waals surface area (Å²) in [4.78, 5) is 54.1. The molecular weight excluding hydrogens is 488 g/mol. The Morgan fingerprint density at radius 1 is 1.08 bits per heavy atom. The second-order valence-corrected chi connectivity index (χ2v) is 11.1. The number of carboxylic acids is 1. The number of hydrogen-bond acceptors (Lipinski definition) is 6. The number of piperidine rings is 1. The Hall–Kier alpha value is -2.99.